The number of aryl methyl sites for hydroxylation is 1. The number of ether oxygens (including phenoxy) is 1. The lowest BCUT2D eigenvalue weighted by Crippen LogP contribution is -2.27. The molecule has 0 atom stereocenters. The van der Waals surface area contributed by atoms with E-state index in [0.717, 1.165) is 42.5 Å². The lowest BCUT2D eigenvalue weighted by molar-refractivity contribution is -0.119. The van der Waals surface area contributed by atoms with Crippen LogP contribution in [0.15, 0.2) is 18.2 Å². The fraction of sp³-hybridized carbons (Fsp3) is 0.391. The maximum atomic E-state index is 12.7. The fourth-order valence-electron chi connectivity index (χ4n) is 4.12. The number of thiophene rings is 1. The van der Waals surface area contributed by atoms with Crippen molar-refractivity contribution in [3.63, 3.8) is 0 Å². The summed E-state index contributed by atoms with van der Waals surface area (Å²) < 4.78 is 5.22. The Balaban J connectivity index is 1.44. The number of nitriles is 1. The van der Waals surface area contributed by atoms with Gasteiger partial charge in [-0.3, -0.25) is 9.59 Å². The Labute approximate surface area is 194 Å². The normalized spacial score (nSPS) is 15.6. The Bertz CT molecular complexity index is 1120. The molecule has 32 heavy (non-hydrogen) atoms. The molecule has 1 aliphatic carbocycles. The molecular formula is C23H22ClN3O4S. The first kappa shape index (κ1) is 22.3. The molecule has 1 N–H and O–H groups in total. The number of amides is 2. The van der Waals surface area contributed by atoms with Crippen molar-refractivity contribution in [1.82, 2.24) is 0 Å². The van der Waals surface area contributed by atoms with Gasteiger partial charge in [-0.1, -0.05) is 18.0 Å². The number of esters is 1. The molecule has 0 spiro atoms. The quantitative estimate of drug-likeness (QED) is 0.512. The molecule has 1 aromatic heterocycles. The summed E-state index contributed by atoms with van der Waals surface area (Å²) >= 11 is 7.49. The molecule has 2 amide bonds. The topological polar surface area (TPSA) is 99.5 Å². The Hall–Kier alpha value is -2.89. The van der Waals surface area contributed by atoms with Crippen molar-refractivity contribution >= 4 is 51.4 Å². The van der Waals surface area contributed by atoms with Gasteiger partial charge in [-0.15, -0.1) is 11.3 Å². The number of benzene rings is 1. The lowest BCUT2D eigenvalue weighted by atomic mass is 10.1. The SMILES string of the molecule is N#Cc1c(NC(=O)COC(=O)c2ccc(Cl)cc2N2CCCC2=O)sc2c1CCCCC2. The first-order chi connectivity index (χ1) is 15.5. The molecule has 2 aromatic rings. The van der Waals surface area contributed by atoms with Gasteiger partial charge in [-0.2, -0.15) is 5.26 Å². The van der Waals surface area contributed by atoms with Gasteiger partial charge in [0.2, 0.25) is 5.91 Å². The second kappa shape index (κ2) is 9.72. The van der Waals surface area contributed by atoms with Gasteiger partial charge < -0.3 is 15.0 Å². The maximum absolute atomic E-state index is 12.7. The first-order valence-corrected chi connectivity index (χ1v) is 11.8. The molecule has 7 nitrogen and oxygen atoms in total. The van der Waals surface area contributed by atoms with Crippen molar-refractivity contribution in [2.45, 2.75) is 44.9 Å². The summed E-state index contributed by atoms with van der Waals surface area (Å²) in [5.74, 6) is -1.31. The van der Waals surface area contributed by atoms with Crippen LogP contribution in [-0.4, -0.2) is 30.9 Å². The number of hydrogen-bond acceptors (Lipinski definition) is 6. The molecule has 0 saturated carbocycles. The van der Waals surface area contributed by atoms with E-state index in [1.807, 2.05) is 0 Å². The Kier molecular flexibility index (Phi) is 6.77. The summed E-state index contributed by atoms with van der Waals surface area (Å²) in [5, 5.41) is 13.2. The van der Waals surface area contributed by atoms with Gasteiger partial charge in [0.05, 0.1) is 16.8 Å². The van der Waals surface area contributed by atoms with Crippen LogP contribution in [0.2, 0.25) is 5.02 Å². The molecule has 0 radical (unpaired) electrons. The molecule has 0 unspecified atom stereocenters. The number of fused-ring (bicyclic) bond motifs is 1. The monoisotopic (exact) mass is 471 g/mol. The van der Waals surface area contributed by atoms with Crippen molar-refractivity contribution in [1.29, 1.82) is 5.26 Å². The highest BCUT2D eigenvalue weighted by molar-refractivity contribution is 7.16. The fourth-order valence-corrected chi connectivity index (χ4v) is 5.55. The van der Waals surface area contributed by atoms with Gasteiger partial charge in [-0.05, 0) is 55.9 Å². The molecule has 2 heterocycles. The third kappa shape index (κ3) is 4.64. The molecule has 166 valence electrons. The Morgan fingerprint density at radius 2 is 2.00 bits per heavy atom. The highest BCUT2D eigenvalue weighted by atomic mass is 35.5. The first-order valence-electron chi connectivity index (χ1n) is 10.6. The van der Waals surface area contributed by atoms with E-state index >= 15 is 0 Å². The van der Waals surface area contributed by atoms with Gasteiger partial charge in [0, 0.05) is 22.9 Å². The Morgan fingerprint density at radius 1 is 1.19 bits per heavy atom. The average molecular weight is 472 g/mol. The van der Waals surface area contributed by atoms with Crippen molar-refractivity contribution in [2.24, 2.45) is 0 Å². The van der Waals surface area contributed by atoms with Crippen molar-refractivity contribution in [2.75, 3.05) is 23.4 Å². The molecule has 4 rings (SSSR count). The van der Waals surface area contributed by atoms with Gasteiger partial charge in [-0.25, -0.2) is 4.79 Å². The van der Waals surface area contributed by atoms with Gasteiger partial charge in [0.1, 0.15) is 11.1 Å². The molecule has 1 saturated heterocycles. The van der Waals surface area contributed by atoms with Crippen LogP contribution in [0, 0.1) is 11.3 Å². The van der Waals surface area contributed by atoms with E-state index in [0.29, 0.717) is 40.7 Å². The number of rotatable bonds is 5. The van der Waals surface area contributed by atoms with E-state index in [2.05, 4.69) is 11.4 Å². The van der Waals surface area contributed by atoms with Gasteiger partial charge in [0.25, 0.3) is 5.91 Å². The van der Waals surface area contributed by atoms with Crippen molar-refractivity contribution in [3.8, 4) is 6.07 Å². The number of hydrogen-bond donors (Lipinski definition) is 1. The zero-order chi connectivity index (χ0) is 22.7. The van der Waals surface area contributed by atoms with Crippen LogP contribution in [0.5, 0.6) is 0 Å². The van der Waals surface area contributed by atoms with Crippen LogP contribution >= 0.6 is 22.9 Å². The second-order valence-electron chi connectivity index (χ2n) is 7.82. The predicted octanol–water partition coefficient (Wildman–Crippen LogP) is 4.46. The standard InChI is InChI=1S/C23H22ClN3O4S/c24-14-8-9-16(18(11-14)27-10-4-7-21(27)29)23(30)31-13-20(28)26-22-17(12-25)15-5-2-1-3-6-19(15)32-22/h8-9,11H,1-7,10,13H2,(H,26,28). The van der Waals surface area contributed by atoms with E-state index in [9.17, 15) is 19.6 Å². The number of anilines is 2. The van der Waals surface area contributed by atoms with Crippen molar-refractivity contribution < 1.29 is 19.1 Å². The number of halogens is 1. The summed E-state index contributed by atoms with van der Waals surface area (Å²) in [4.78, 5) is 39.9. The highest BCUT2D eigenvalue weighted by Crippen LogP contribution is 2.37. The molecular weight excluding hydrogens is 450 g/mol. The summed E-state index contributed by atoms with van der Waals surface area (Å²) in [7, 11) is 0. The van der Waals surface area contributed by atoms with Gasteiger partial charge >= 0.3 is 5.97 Å². The van der Waals surface area contributed by atoms with Crippen LogP contribution < -0.4 is 10.2 Å². The molecule has 0 bridgehead atoms. The molecule has 1 fully saturated rings. The minimum atomic E-state index is -0.714. The van der Waals surface area contributed by atoms with E-state index in [1.165, 1.54) is 22.3 Å². The molecule has 2 aliphatic rings. The minimum Gasteiger partial charge on any atom is -0.452 e. The van der Waals surface area contributed by atoms with E-state index in [1.54, 1.807) is 12.1 Å². The van der Waals surface area contributed by atoms with E-state index in [-0.39, 0.29) is 11.5 Å². The summed E-state index contributed by atoms with van der Waals surface area (Å²) in [6.45, 7) is 0.00219. The second-order valence-corrected chi connectivity index (χ2v) is 9.36. The summed E-state index contributed by atoms with van der Waals surface area (Å²) in [5.41, 5.74) is 2.11. The van der Waals surface area contributed by atoms with Crippen LogP contribution in [0.1, 0.15) is 58.5 Å². The maximum Gasteiger partial charge on any atom is 0.340 e. The van der Waals surface area contributed by atoms with E-state index in [4.69, 9.17) is 16.3 Å². The lowest BCUT2D eigenvalue weighted by Gasteiger charge is -2.19. The van der Waals surface area contributed by atoms with Crippen LogP contribution in [0.4, 0.5) is 10.7 Å². The third-order valence-electron chi connectivity index (χ3n) is 5.66. The number of nitrogens with one attached hydrogen (secondary N) is 1. The largest absolute Gasteiger partial charge is 0.452 e. The highest BCUT2D eigenvalue weighted by Gasteiger charge is 2.27. The molecule has 9 heteroatoms. The summed E-state index contributed by atoms with van der Waals surface area (Å²) in [6.07, 6.45) is 6.12. The number of nitrogens with zero attached hydrogens (tertiary/aromatic N) is 2. The minimum absolute atomic E-state index is 0.0828. The zero-order valence-corrected chi connectivity index (χ0v) is 19.0. The van der Waals surface area contributed by atoms with Crippen LogP contribution in [-0.2, 0) is 27.2 Å². The smallest absolute Gasteiger partial charge is 0.340 e. The molecule has 1 aliphatic heterocycles. The van der Waals surface area contributed by atoms with Crippen LogP contribution in [0.3, 0.4) is 0 Å². The Morgan fingerprint density at radius 3 is 2.75 bits per heavy atom. The number of carbonyl (C=O) groups excluding carboxylic acids is 3. The zero-order valence-electron chi connectivity index (χ0n) is 17.4. The number of carbonyl (C=O) groups is 3. The third-order valence-corrected chi connectivity index (χ3v) is 7.11. The molecule has 1 aromatic carbocycles. The van der Waals surface area contributed by atoms with Crippen molar-refractivity contribution in [3.05, 3.63) is 44.8 Å². The summed E-state index contributed by atoms with van der Waals surface area (Å²) in [6, 6.07) is 6.80. The predicted molar refractivity (Wildman–Crippen MR) is 122 cm³/mol. The van der Waals surface area contributed by atoms with E-state index < -0.39 is 18.5 Å². The van der Waals surface area contributed by atoms with Crippen LogP contribution in [0.25, 0.3) is 0 Å². The van der Waals surface area contributed by atoms with Gasteiger partial charge in [0.15, 0.2) is 6.61 Å². The average Bonchev–Trinajstić information content (AvgIpc) is 3.26.